The van der Waals surface area contributed by atoms with Crippen molar-refractivity contribution < 1.29 is 22.8 Å². The predicted molar refractivity (Wildman–Crippen MR) is 95.4 cm³/mol. The van der Waals surface area contributed by atoms with Gasteiger partial charge in [-0.25, -0.2) is 0 Å². The molecular formula is C20H19F3N2O2. The molecule has 1 atom stereocenters. The van der Waals surface area contributed by atoms with Crippen LogP contribution in [0.2, 0.25) is 0 Å². The smallest absolute Gasteiger partial charge is 0.352 e. The van der Waals surface area contributed by atoms with E-state index < -0.39 is 17.6 Å². The number of benzene rings is 2. The number of carbonyl (C=O) groups is 2. The van der Waals surface area contributed by atoms with Gasteiger partial charge in [-0.2, -0.15) is 13.2 Å². The third kappa shape index (κ3) is 4.48. The Balaban J connectivity index is 1.60. The zero-order valence-corrected chi connectivity index (χ0v) is 14.7. The van der Waals surface area contributed by atoms with E-state index in [0.717, 1.165) is 23.4 Å². The molecule has 0 spiro atoms. The minimum absolute atomic E-state index is 0.0304. The molecule has 142 valence electrons. The lowest BCUT2D eigenvalue weighted by Gasteiger charge is -2.17. The van der Waals surface area contributed by atoms with Crippen molar-refractivity contribution >= 4 is 17.5 Å². The quantitative estimate of drug-likeness (QED) is 0.883. The van der Waals surface area contributed by atoms with Crippen molar-refractivity contribution in [2.75, 3.05) is 18.0 Å². The summed E-state index contributed by atoms with van der Waals surface area (Å²) >= 11 is 0. The Morgan fingerprint density at radius 2 is 1.89 bits per heavy atom. The van der Waals surface area contributed by atoms with E-state index in [9.17, 15) is 22.8 Å². The van der Waals surface area contributed by atoms with E-state index in [1.54, 1.807) is 4.90 Å². The minimum Gasteiger partial charge on any atom is -0.352 e. The largest absolute Gasteiger partial charge is 0.416 e. The number of hydrogen-bond donors (Lipinski definition) is 1. The first-order chi connectivity index (χ1) is 12.7. The molecule has 2 aromatic carbocycles. The maximum absolute atomic E-state index is 12.8. The van der Waals surface area contributed by atoms with Crippen molar-refractivity contribution in [1.82, 2.24) is 5.32 Å². The Hall–Kier alpha value is -2.83. The van der Waals surface area contributed by atoms with Gasteiger partial charge in [0.05, 0.1) is 5.56 Å². The Labute approximate surface area is 155 Å². The summed E-state index contributed by atoms with van der Waals surface area (Å²) in [6.45, 7) is 2.65. The summed E-state index contributed by atoms with van der Waals surface area (Å²) in [6.07, 6.45) is -4.21. The highest BCUT2D eigenvalue weighted by Gasteiger charge is 2.32. The lowest BCUT2D eigenvalue weighted by molar-refractivity contribution is -0.137. The molecule has 0 radical (unpaired) electrons. The molecule has 1 fully saturated rings. The standard InChI is InChI=1S/C20H19F3N2O2/c1-13-5-7-17(8-6-13)25-12-14(9-18(25)26)11-24-19(27)15-3-2-4-16(10-15)20(21,22)23/h2-8,10,14H,9,11-12H2,1H3,(H,24,27). The Bertz CT molecular complexity index is 847. The summed E-state index contributed by atoms with van der Waals surface area (Å²) in [6, 6.07) is 11.9. The molecule has 2 amide bonds. The van der Waals surface area contributed by atoms with Crippen LogP contribution in [0.4, 0.5) is 18.9 Å². The molecule has 1 heterocycles. The summed E-state index contributed by atoms with van der Waals surface area (Å²) in [4.78, 5) is 26.1. The van der Waals surface area contributed by atoms with Crippen LogP contribution in [0.15, 0.2) is 48.5 Å². The number of aryl methyl sites for hydroxylation is 1. The van der Waals surface area contributed by atoms with Crippen molar-refractivity contribution in [2.24, 2.45) is 5.92 Å². The fraction of sp³-hybridized carbons (Fsp3) is 0.300. The van der Waals surface area contributed by atoms with Gasteiger partial charge in [-0.1, -0.05) is 23.8 Å². The molecule has 0 aromatic heterocycles. The van der Waals surface area contributed by atoms with Crippen molar-refractivity contribution in [2.45, 2.75) is 19.5 Å². The van der Waals surface area contributed by atoms with Gasteiger partial charge in [-0.3, -0.25) is 9.59 Å². The zero-order chi connectivity index (χ0) is 19.6. The molecule has 1 unspecified atom stereocenters. The summed E-state index contributed by atoms with van der Waals surface area (Å²) < 4.78 is 38.3. The molecule has 1 aliphatic rings. The van der Waals surface area contributed by atoms with Gasteiger partial charge >= 0.3 is 6.18 Å². The van der Waals surface area contributed by atoms with Crippen LogP contribution in [0, 0.1) is 12.8 Å². The third-order valence-corrected chi connectivity index (χ3v) is 4.55. The maximum atomic E-state index is 12.8. The fourth-order valence-electron chi connectivity index (χ4n) is 3.07. The van der Waals surface area contributed by atoms with Gasteiger partial charge in [0.25, 0.3) is 5.91 Å². The molecule has 1 N–H and O–H groups in total. The van der Waals surface area contributed by atoms with E-state index in [0.29, 0.717) is 6.54 Å². The Morgan fingerprint density at radius 1 is 1.19 bits per heavy atom. The van der Waals surface area contributed by atoms with E-state index >= 15 is 0 Å². The van der Waals surface area contributed by atoms with Crippen LogP contribution < -0.4 is 10.2 Å². The third-order valence-electron chi connectivity index (χ3n) is 4.55. The average molecular weight is 376 g/mol. The predicted octanol–water partition coefficient (Wildman–Crippen LogP) is 3.80. The van der Waals surface area contributed by atoms with Crippen molar-refractivity contribution in [1.29, 1.82) is 0 Å². The van der Waals surface area contributed by atoms with E-state index in [1.165, 1.54) is 12.1 Å². The summed E-state index contributed by atoms with van der Waals surface area (Å²) in [5.41, 5.74) is 0.980. The van der Waals surface area contributed by atoms with E-state index in [-0.39, 0.29) is 30.4 Å². The second-order valence-corrected chi connectivity index (χ2v) is 6.70. The second-order valence-electron chi connectivity index (χ2n) is 6.70. The molecule has 0 saturated carbocycles. The first-order valence-electron chi connectivity index (χ1n) is 8.56. The van der Waals surface area contributed by atoms with Crippen LogP contribution in [-0.2, 0) is 11.0 Å². The van der Waals surface area contributed by atoms with Gasteiger partial charge in [-0.15, -0.1) is 0 Å². The number of carbonyl (C=O) groups excluding carboxylic acids is 2. The van der Waals surface area contributed by atoms with E-state index in [1.807, 2.05) is 31.2 Å². The number of nitrogens with one attached hydrogen (secondary N) is 1. The molecule has 2 aromatic rings. The molecule has 1 saturated heterocycles. The summed E-state index contributed by atoms with van der Waals surface area (Å²) in [5, 5.41) is 2.64. The van der Waals surface area contributed by atoms with Gasteiger partial charge in [-0.05, 0) is 37.3 Å². The number of hydrogen-bond acceptors (Lipinski definition) is 2. The lowest BCUT2D eigenvalue weighted by Crippen LogP contribution is -2.31. The molecule has 7 heteroatoms. The van der Waals surface area contributed by atoms with Crippen LogP contribution in [0.5, 0.6) is 0 Å². The van der Waals surface area contributed by atoms with Gasteiger partial charge in [0, 0.05) is 36.7 Å². The topological polar surface area (TPSA) is 49.4 Å². The second kappa shape index (κ2) is 7.42. The average Bonchev–Trinajstić information content (AvgIpc) is 3.00. The highest BCUT2D eigenvalue weighted by Crippen LogP contribution is 2.29. The number of rotatable bonds is 4. The molecule has 1 aliphatic heterocycles. The van der Waals surface area contributed by atoms with Gasteiger partial charge in [0.2, 0.25) is 5.91 Å². The van der Waals surface area contributed by atoms with Gasteiger partial charge < -0.3 is 10.2 Å². The van der Waals surface area contributed by atoms with Crippen LogP contribution in [0.3, 0.4) is 0 Å². The lowest BCUT2D eigenvalue weighted by atomic mass is 10.1. The molecular weight excluding hydrogens is 357 g/mol. The van der Waals surface area contributed by atoms with E-state index in [4.69, 9.17) is 0 Å². The van der Waals surface area contributed by atoms with Crippen LogP contribution in [-0.4, -0.2) is 24.9 Å². The number of nitrogens with zero attached hydrogens (tertiary/aromatic N) is 1. The highest BCUT2D eigenvalue weighted by molar-refractivity contribution is 5.96. The molecule has 0 bridgehead atoms. The van der Waals surface area contributed by atoms with Gasteiger partial charge in [0.15, 0.2) is 0 Å². The fourth-order valence-corrected chi connectivity index (χ4v) is 3.07. The van der Waals surface area contributed by atoms with Crippen LogP contribution >= 0.6 is 0 Å². The van der Waals surface area contributed by atoms with Crippen molar-refractivity contribution in [3.05, 3.63) is 65.2 Å². The SMILES string of the molecule is Cc1ccc(N2CC(CNC(=O)c3cccc(C(F)(F)F)c3)CC2=O)cc1. The Morgan fingerprint density at radius 3 is 2.56 bits per heavy atom. The first kappa shape index (κ1) is 18.9. The summed E-state index contributed by atoms with van der Waals surface area (Å²) in [7, 11) is 0. The van der Waals surface area contributed by atoms with Crippen molar-refractivity contribution in [3.8, 4) is 0 Å². The minimum atomic E-state index is -4.50. The number of alkyl halides is 3. The summed E-state index contributed by atoms with van der Waals surface area (Å²) in [5.74, 6) is -0.701. The van der Waals surface area contributed by atoms with E-state index in [2.05, 4.69) is 5.32 Å². The normalized spacial score (nSPS) is 17.3. The highest BCUT2D eigenvalue weighted by atomic mass is 19.4. The van der Waals surface area contributed by atoms with Crippen LogP contribution in [0.1, 0.15) is 27.9 Å². The number of anilines is 1. The van der Waals surface area contributed by atoms with Crippen LogP contribution in [0.25, 0.3) is 0 Å². The zero-order valence-electron chi connectivity index (χ0n) is 14.7. The number of halogens is 3. The molecule has 0 aliphatic carbocycles. The maximum Gasteiger partial charge on any atom is 0.416 e. The Kier molecular flexibility index (Phi) is 5.21. The molecule has 27 heavy (non-hydrogen) atoms. The monoisotopic (exact) mass is 376 g/mol. The first-order valence-corrected chi connectivity index (χ1v) is 8.56. The number of amides is 2. The molecule has 3 rings (SSSR count). The molecule has 4 nitrogen and oxygen atoms in total. The van der Waals surface area contributed by atoms with Gasteiger partial charge in [0.1, 0.15) is 0 Å². The van der Waals surface area contributed by atoms with Crippen molar-refractivity contribution in [3.63, 3.8) is 0 Å².